The normalized spacial score (nSPS) is 16.2. The molecule has 164 valence electrons. The molecule has 1 aromatic rings. The number of anilines is 1. The van der Waals surface area contributed by atoms with Crippen LogP contribution in [-0.2, 0) is 14.3 Å². The molecule has 30 heavy (non-hydrogen) atoms. The maximum absolute atomic E-state index is 12.6. The summed E-state index contributed by atoms with van der Waals surface area (Å²) in [4.78, 5) is 38.5. The molecule has 0 aromatic heterocycles. The topological polar surface area (TPSA) is 103 Å². The third-order valence-corrected chi connectivity index (χ3v) is 4.93. The zero-order chi connectivity index (χ0) is 21.9. The van der Waals surface area contributed by atoms with Crippen molar-refractivity contribution in [2.45, 2.75) is 45.6 Å². The quantitative estimate of drug-likeness (QED) is 0.746. The van der Waals surface area contributed by atoms with Gasteiger partial charge in [0, 0.05) is 31.6 Å². The molecule has 0 atom stereocenters. The van der Waals surface area contributed by atoms with Crippen LogP contribution in [0.3, 0.4) is 0 Å². The highest BCUT2D eigenvalue weighted by molar-refractivity contribution is 6.02. The van der Waals surface area contributed by atoms with E-state index in [1.165, 1.54) is 13.2 Å². The maximum Gasteiger partial charge on any atom is 0.410 e. The summed E-state index contributed by atoms with van der Waals surface area (Å²) in [6.07, 6.45) is 1.38. The summed E-state index contributed by atoms with van der Waals surface area (Å²) in [6, 6.07) is 3.07. The fourth-order valence-electron chi connectivity index (χ4n) is 3.43. The Hall–Kier alpha value is -2.97. The van der Waals surface area contributed by atoms with Crippen molar-refractivity contribution in [3.05, 3.63) is 17.7 Å². The molecule has 3 rings (SSSR count). The predicted octanol–water partition coefficient (Wildman–Crippen LogP) is 3.18. The molecule has 9 heteroatoms. The predicted molar refractivity (Wildman–Crippen MR) is 108 cm³/mol. The van der Waals surface area contributed by atoms with Gasteiger partial charge < -0.3 is 29.2 Å². The average Bonchev–Trinajstić information content (AvgIpc) is 3.13. The molecule has 0 aliphatic carbocycles. The minimum atomic E-state index is -0.575. The lowest BCUT2D eigenvalue weighted by Crippen LogP contribution is -2.42. The van der Waals surface area contributed by atoms with Gasteiger partial charge in [-0.3, -0.25) is 4.79 Å². The van der Waals surface area contributed by atoms with Crippen LogP contribution in [0.25, 0.3) is 0 Å². The number of likely N-dealkylation sites (tertiary alicyclic amines) is 1. The minimum absolute atomic E-state index is 0.0591. The van der Waals surface area contributed by atoms with Crippen molar-refractivity contribution < 1.29 is 33.3 Å². The van der Waals surface area contributed by atoms with Crippen molar-refractivity contribution in [3.8, 4) is 11.5 Å². The number of carbonyl (C=O) groups is 3. The smallest absolute Gasteiger partial charge is 0.410 e. The second-order valence-corrected chi connectivity index (χ2v) is 8.41. The Balaban J connectivity index is 1.57. The van der Waals surface area contributed by atoms with Gasteiger partial charge in [0.15, 0.2) is 11.5 Å². The summed E-state index contributed by atoms with van der Waals surface area (Å²) < 4.78 is 20.8. The molecular weight excluding hydrogens is 392 g/mol. The van der Waals surface area contributed by atoms with Crippen molar-refractivity contribution in [2.75, 3.05) is 32.3 Å². The number of nitrogens with zero attached hydrogens (tertiary/aromatic N) is 1. The number of nitrogens with one attached hydrogen (secondary N) is 1. The van der Waals surface area contributed by atoms with E-state index in [-0.39, 0.29) is 36.7 Å². The van der Waals surface area contributed by atoms with Crippen LogP contribution in [0.2, 0.25) is 0 Å². The van der Waals surface area contributed by atoms with E-state index in [4.69, 9.17) is 18.9 Å². The third-order valence-electron chi connectivity index (χ3n) is 4.93. The molecule has 0 radical (unpaired) electrons. The second kappa shape index (κ2) is 8.81. The third kappa shape index (κ3) is 5.34. The van der Waals surface area contributed by atoms with Gasteiger partial charge in [-0.05, 0) is 39.5 Å². The minimum Gasteiger partial charge on any atom is -0.465 e. The van der Waals surface area contributed by atoms with E-state index in [2.05, 4.69) is 5.32 Å². The van der Waals surface area contributed by atoms with Crippen LogP contribution < -0.4 is 14.8 Å². The second-order valence-electron chi connectivity index (χ2n) is 8.41. The number of rotatable bonds is 4. The molecule has 9 nitrogen and oxygen atoms in total. The van der Waals surface area contributed by atoms with Crippen molar-refractivity contribution in [1.82, 2.24) is 4.90 Å². The van der Waals surface area contributed by atoms with Crippen molar-refractivity contribution in [1.29, 1.82) is 0 Å². The first-order chi connectivity index (χ1) is 14.2. The number of piperidine rings is 1. The standard InChI is InChI=1S/C21H28N2O7/c1-21(2,3)30-20(26)23-7-5-13(6-8-23)9-18(24)22-15-11-17-16(28-12-29-17)10-14(15)19(25)27-4/h10-11,13H,5-9,12H2,1-4H3,(H,22,24). The van der Waals surface area contributed by atoms with E-state index < -0.39 is 11.6 Å². The van der Waals surface area contributed by atoms with E-state index in [1.54, 1.807) is 11.0 Å². The van der Waals surface area contributed by atoms with Crippen LogP contribution in [0.15, 0.2) is 12.1 Å². The number of hydrogen-bond donors (Lipinski definition) is 1. The average molecular weight is 420 g/mol. The van der Waals surface area contributed by atoms with Crippen molar-refractivity contribution >= 4 is 23.7 Å². The van der Waals surface area contributed by atoms with Gasteiger partial charge >= 0.3 is 12.1 Å². The fourth-order valence-corrected chi connectivity index (χ4v) is 3.43. The number of amides is 2. The van der Waals surface area contributed by atoms with Gasteiger partial charge in [0.2, 0.25) is 12.7 Å². The molecular formula is C21H28N2O7. The highest BCUT2D eigenvalue weighted by Gasteiger charge is 2.28. The zero-order valence-electron chi connectivity index (χ0n) is 17.8. The molecule has 0 bridgehead atoms. The first-order valence-electron chi connectivity index (χ1n) is 9.96. The van der Waals surface area contributed by atoms with Gasteiger partial charge in [-0.1, -0.05) is 0 Å². The van der Waals surface area contributed by atoms with Gasteiger partial charge in [-0.2, -0.15) is 0 Å². The van der Waals surface area contributed by atoms with Crippen LogP contribution in [0.5, 0.6) is 11.5 Å². The number of benzene rings is 1. The first kappa shape index (κ1) is 21.7. The van der Waals surface area contributed by atoms with Crippen LogP contribution in [-0.4, -0.2) is 55.5 Å². The van der Waals surface area contributed by atoms with Gasteiger partial charge in [0.05, 0.1) is 18.4 Å². The van der Waals surface area contributed by atoms with Gasteiger partial charge in [0.1, 0.15) is 5.60 Å². The Bertz CT molecular complexity index is 823. The van der Waals surface area contributed by atoms with E-state index >= 15 is 0 Å². The molecule has 2 aliphatic heterocycles. The van der Waals surface area contributed by atoms with Crippen LogP contribution in [0.1, 0.15) is 50.4 Å². The largest absolute Gasteiger partial charge is 0.465 e. The molecule has 2 aliphatic rings. The summed E-state index contributed by atoms with van der Waals surface area (Å²) in [7, 11) is 1.27. The molecule has 1 N–H and O–H groups in total. The summed E-state index contributed by atoms with van der Waals surface area (Å²) >= 11 is 0. The molecule has 1 saturated heterocycles. The Morgan fingerprint density at radius 2 is 1.77 bits per heavy atom. The van der Waals surface area contributed by atoms with E-state index in [0.29, 0.717) is 43.1 Å². The van der Waals surface area contributed by atoms with Crippen LogP contribution in [0.4, 0.5) is 10.5 Å². The molecule has 0 unspecified atom stereocenters. The van der Waals surface area contributed by atoms with Gasteiger partial charge in [0.25, 0.3) is 0 Å². The molecule has 0 saturated carbocycles. The van der Waals surface area contributed by atoms with Crippen LogP contribution in [0, 0.1) is 5.92 Å². The molecule has 2 amide bonds. The Morgan fingerprint density at radius 1 is 1.13 bits per heavy atom. The number of carbonyl (C=O) groups excluding carboxylic acids is 3. The number of esters is 1. The van der Waals surface area contributed by atoms with Crippen LogP contribution >= 0.6 is 0 Å². The van der Waals surface area contributed by atoms with E-state index in [0.717, 1.165) is 0 Å². The number of ether oxygens (including phenoxy) is 4. The SMILES string of the molecule is COC(=O)c1cc2c(cc1NC(=O)CC1CCN(C(=O)OC(C)(C)C)CC1)OCO2. The van der Waals surface area contributed by atoms with Crippen molar-refractivity contribution in [2.24, 2.45) is 5.92 Å². The van der Waals surface area contributed by atoms with Crippen molar-refractivity contribution in [3.63, 3.8) is 0 Å². The Kier molecular flexibility index (Phi) is 6.38. The monoisotopic (exact) mass is 420 g/mol. The summed E-state index contributed by atoms with van der Waals surface area (Å²) in [5.74, 6) is 0.245. The Morgan fingerprint density at radius 3 is 2.37 bits per heavy atom. The number of hydrogen-bond acceptors (Lipinski definition) is 7. The van der Waals surface area contributed by atoms with E-state index in [9.17, 15) is 14.4 Å². The summed E-state index contributed by atoms with van der Waals surface area (Å²) in [5.41, 5.74) is -0.00684. The fraction of sp³-hybridized carbons (Fsp3) is 0.571. The first-order valence-corrected chi connectivity index (χ1v) is 9.96. The number of methoxy groups -OCH3 is 1. The van der Waals surface area contributed by atoms with E-state index in [1.807, 2.05) is 20.8 Å². The highest BCUT2D eigenvalue weighted by Crippen LogP contribution is 2.37. The lowest BCUT2D eigenvalue weighted by atomic mass is 9.93. The van der Waals surface area contributed by atoms with Gasteiger partial charge in [-0.25, -0.2) is 9.59 Å². The molecule has 2 heterocycles. The molecule has 1 aromatic carbocycles. The Labute approximate surface area is 175 Å². The zero-order valence-corrected chi connectivity index (χ0v) is 17.8. The molecule has 0 spiro atoms. The summed E-state index contributed by atoms with van der Waals surface area (Å²) in [5, 5.41) is 2.79. The molecule has 1 fully saturated rings. The lowest BCUT2D eigenvalue weighted by Gasteiger charge is -2.33. The summed E-state index contributed by atoms with van der Waals surface area (Å²) in [6.45, 7) is 6.65. The van der Waals surface area contributed by atoms with Gasteiger partial charge in [-0.15, -0.1) is 0 Å². The highest BCUT2D eigenvalue weighted by atomic mass is 16.7. The maximum atomic E-state index is 12.6. The number of fused-ring (bicyclic) bond motifs is 1. The lowest BCUT2D eigenvalue weighted by molar-refractivity contribution is -0.117.